The van der Waals surface area contributed by atoms with Crippen LogP contribution in [0.15, 0.2) is 48.5 Å². The molecule has 6 fully saturated rings. The van der Waals surface area contributed by atoms with Crippen molar-refractivity contribution in [1.29, 1.82) is 0 Å². The van der Waals surface area contributed by atoms with Crippen LogP contribution in [0.4, 0.5) is 0 Å². The molecule has 29 heavy (non-hydrogen) atoms. The van der Waals surface area contributed by atoms with Gasteiger partial charge in [-0.25, -0.2) is 0 Å². The zero-order valence-corrected chi connectivity index (χ0v) is 17.5. The van der Waals surface area contributed by atoms with Crippen LogP contribution in [-0.2, 0) is 10.8 Å². The molecule has 0 radical (unpaired) electrons. The first-order chi connectivity index (χ1) is 14.1. The molecule has 7 atom stereocenters. The van der Waals surface area contributed by atoms with Gasteiger partial charge in [0.25, 0.3) is 0 Å². The second-order valence-electron chi connectivity index (χ2n) is 10.8. The van der Waals surface area contributed by atoms with Gasteiger partial charge in [0.1, 0.15) is 11.5 Å². The summed E-state index contributed by atoms with van der Waals surface area (Å²) in [6, 6.07) is 18.2. The van der Waals surface area contributed by atoms with E-state index in [0.29, 0.717) is 16.2 Å². The van der Waals surface area contributed by atoms with Crippen LogP contribution in [0.2, 0.25) is 0 Å². The van der Waals surface area contributed by atoms with Crippen molar-refractivity contribution >= 4 is 0 Å². The topological polar surface area (TPSA) is 18.5 Å². The Morgan fingerprint density at radius 3 is 2.07 bits per heavy atom. The van der Waals surface area contributed by atoms with Crippen LogP contribution < -0.4 is 9.47 Å². The molecule has 6 bridgehead atoms. The molecule has 8 rings (SSSR count). The Kier molecular flexibility index (Phi) is 3.01. The minimum atomic E-state index is 0.435. The number of hydrogen-bond donors (Lipinski definition) is 0. The summed E-state index contributed by atoms with van der Waals surface area (Å²) in [5.41, 5.74) is 4.72. The fraction of sp³-hybridized carbons (Fsp3) is 0.556. The molecule has 1 spiro atoms. The molecule has 0 aromatic heterocycles. The molecule has 0 heterocycles. The molecular weight excluding hydrogens is 356 g/mol. The van der Waals surface area contributed by atoms with Gasteiger partial charge >= 0.3 is 0 Å². The predicted molar refractivity (Wildman–Crippen MR) is 113 cm³/mol. The largest absolute Gasteiger partial charge is 0.497 e. The summed E-state index contributed by atoms with van der Waals surface area (Å²) in [5.74, 6) is 5.75. The average molecular weight is 387 g/mol. The summed E-state index contributed by atoms with van der Waals surface area (Å²) in [4.78, 5) is 0. The number of rotatable bonds is 4. The van der Waals surface area contributed by atoms with E-state index >= 15 is 0 Å². The first kappa shape index (κ1) is 16.8. The van der Waals surface area contributed by atoms with Crippen molar-refractivity contribution in [3.63, 3.8) is 0 Å². The highest BCUT2D eigenvalue weighted by molar-refractivity contribution is 5.49. The zero-order valence-electron chi connectivity index (χ0n) is 17.5. The molecule has 2 heteroatoms. The fourth-order valence-corrected chi connectivity index (χ4v) is 9.39. The summed E-state index contributed by atoms with van der Waals surface area (Å²) >= 11 is 0. The minimum absolute atomic E-state index is 0.435. The average Bonchev–Trinajstić information content (AvgIpc) is 3.37. The molecule has 2 aromatic carbocycles. The lowest BCUT2D eigenvalue weighted by Gasteiger charge is -2.62. The highest BCUT2D eigenvalue weighted by atomic mass is 16.5. The Bertz CT molecular complexity index is 979. The number of ether oxygens (including phenoxy) is 2. The Labute approximate surface area is 173 Å². The first-order valence-corrected chi connectivity index (χ1v) is 11.4. The third kappa shape index (κ3) is 1.82. The van der Waals surface area contributed by atoms with Crippen LogP contribution in [0, 0.1) is 29.1 Å². The van der Waals surface area contributed by atoms with E-state index in [-0.39, 0.29) is 0 Å². The highest BCUT2D eigenvalue weighted by Crippen LogP contribution is 2.89. The number of methoxy groups -OCH3 is 2. The quantitative estimate of drug-likeness (QED) is 0.667. The molecule has 0 saturated heterocycles. The van der Waals surface area contributed by atoms with Crippen LogP contribution in [0.1, 0.15) is 49.7 Å². The van der Waals surface area contributed by atoms with Crippen LogP contribution in [0.25, 0.3) is 0 Å². The minimum Gasteiger partial charge on any atom is -0.497 e. The van der Waals surface area contributed by atoms with Gasteiger partial charge in [0.15, 0.2) is 0 Å². The molecule has 2 aromatic rings. The van der Waals surface area contributed by atoms with E-state index < -0.39 is 0 Å². The van der Waals surface area contributed by atoms with Gasteiger partial charge in [-0.15, -0.1) is 0 Å². The van der Waals surface area contributed by atoms with E-state index in [1.54, 1.807) is 25.3 Å². The predicted octanol–water partition coefficient (Wildman–Crippen LogP) is 5.74. The summed E-state index contributed by atoms with van der Waals surface area (Å²) in [6.07, 6.45) is 8.65. The van der Waals surface area contributed by atoms with E-state index in [1.165, 1.54) is 38.5 Å². The molecular formula is C27H30O2. The van der Waals surface area contributed by atoms with Gasteiger partial charge in [0, 0.05) is 5.41 Å². The maximum absolute atomic E-state index is 5.43. The maximum Gasteiger partial charge on any atom is 0.118 e. The Balaban J connectivity index is 1.27. The Morgan fingerprint density at radius 2 is 1.41 bits per heavy atom. The molecule has 6 saturated carbocycles. The first-order valence-electron chi connectivity index (χ1n) is 11.4. The van der Waals surface area contributed by atoms with E-state index in [9.17, 15) is 0 Å². The van der Waals surface area contributed by atoms with Crippen molar-refractivity contribution in [3.05, 3.63) is 59.7 Å². The van der Waals surface area contributed by atoms with Gasteiger partial charge in [0.05, 0.1) is 14.2 Å². The molecule has 6 aliphatic carbocycles. The molecule has 6 aliphatic rings. The number of benzene rings is 2. The molecule has 0 amide bonds. The van der Waals surface area contributed by atoms with E-state index in [4.69, 9.17) is 9.47 Å². The number of hydrogen-bond acceptors (Lipinski definition) is 2. The smallest absolute Gasteiger partial charge is 0.118 e. The van der Waals surface area contributed by atoms with Crippen LogP contribution in [0.3, 0.4) is 0 Å². The third-order valence-corrected chi connectivity index (χ3v) is 10.3. The van der Waals surface area contributed by atoms with Gasteiger partial charge in [0.2, 0.25) is 0 Å². The van der Waals surface area contributed by atoms with Gasteiger partial charge in [-0.3, -0.25) is 0 Å². The van der Waals surface area contributed by atoms with Crippen molar-refractivity contribution in [2.75, 3.05) is 14.2 Å². The van der Waals surface area contributed by atoms with Crippen molar-refractivity contribution in [2.45, 2.75) is 49.4 Å². The van der Waals surface area contributed by atoms with Crippen molar-refractivity contribution in [2.24, 2.45) is 29.1 Å². The summed E-state index contributed by atoms with van der Waals surface area (Å²) < 4.78 is 10.9. The summed E-state index contributed by atoms with van der Waals surface area (Å²) in [6.45, 7) is 0. The lowest BCUT2D eigenvalue weighted by Crippen LogP contribution is -2.56. The van der Waals surface area contributed by atoms with Gasteiger partial charge in [-0.1, -0.05) is 24.3 Å². The molecule has 2 nitrogen and oxygen atoms in total. The summed E-state index contributed by atoms with van der Waals surface area (Å²) in [7, 11) is 3.53. The lowest BCUT2D eigenvalue weighted by atomic mass is 9.42. The van der Waals surface area contributed by atoms with Crippen LogP contribution in [-0.4, -0.2) is 14.2 Å². The second-order valence-corrected chi connectivity index (χ2v) is 10.8. The summed E-state index contributed by atoms with van der Waals surface area (Å²) in [5, 5.41) is 0. The van der Waals surface area contributed by atoms with E-state index in [1.807, 2.05) is 0 Å². The van der Waals surface area contributed by atoms with Crippen LogP contribution >= 0.6 is 0 Å². The fourth-order valence-electron chi connectivity index (χ4n) is 9.39. The van der Waals surface area contributed by atoms with Crippen LogP contribution in [0.5, 0.6) is 11.5 Å². The maximum atomic E-state index is 5.43. The van der Waals surface area contributed by atoms with Crippen molar-refractivity contribution in [3.8, 4) is 11.5 Å². The van der Waals surface area contributed by atoms with Gasteiger partial charge in [-0.05, 0) is 108 Å². The normalized spacial score (nSPS) is 45.2. The SMILES string of the molecule is COc1ccc(C23C[C@H]4C5CC6C[C@](c7ccc(OC)cc7)(C5)CC4[C@@]62C3)cc1. The Hall–Kier alpha value is -1.96. The molecule has 0 N–H and O–H groups in total. The zero-order chi connectivity index (χ0) is 19.4. The van der Waals surface area contributed by atoms with Gasteiger partial charge < -0.3 is 9.47 Å². The van der Waals surface area contributed by atoms with Crippen molar-refractivity contribution < 1.29 is 9.47 Å². The Morgan fingerprint density at radius 1 is 0.759 bits per heavy atom. The molecule has 0 aliphatic heterocycles. The molecule has 150 valence electrons. The third-order valence-electron chi connectivity index (χ3n) is 10.3. The standard InChI is InChI=1S/C27H30O2/c1-28-21-7-3-18(4-8-21)25-12-17-11-20(13-25)27-16-26(27,14-23(17)24(27)15-25)19-5-9-22(29-2)10-6-19/h3-10,17,20,23-24H,11-16H2,1-2H3/t17?,20?,23-,24?,25+,26?,27+/m0/s1. The lowest BCUT2D eigenvalue weighted by molar-refractivity contribution is -0.0933. The van der Waals surface area contributed by atoms with Gasteiger partial charge in [-0.2, -0.15) is 0 Å². The van der Waals surface area contributed by atoms with E-state index in [2.05, 4.69) is 48.5 Å². The highest BCUT2D eigenvalue weighted by Gasteiger charge is 2.84. The second kappa shape index (κ2) is 5.20. The van der Waals surface area contributed by atoms with E-state index in [0.717, 1.165) is 35.2 Å². The molecule has 4 unspecified atom stereocenters. The van der Waals surface area contributed by atoms with Crippen molar-refractivity contribution in [1.82, 2.24) is 0 Å². The monoisotopic (exact) mass is 386 g/mol.